The van der Waals surface area contributed by atoms with Crippen LogP contribution < -0.4 is 5.73 Å². The highest BCUT2D eigenvalue weighted by atomic mass is 16.4. The summed E-state index contributed by atoms with van der Waals surface area (Å²) in [6.45, 7) is 0.142. The van der Waals surface area contributed by atoms with Crippen LogP contribution in [-0.4, -0.2) is 36.7 Å². The van der Waals surface area contributed by atoms with Crippen LogP contribution in [0.3, 0.4) is 0 Å². The molecule has 10 heavy (non-hydrogen) atoms. The van der Waals surface area contributed by atoms with E-state index in [1.54, 1.807) is 0 Å². The molecule has 0 fully saturated rings. The first-order valence-electron chi connectivity index (χ1n) is 2.60. The first-order valence-corrected chi connectivity index (χ1v) is 2.60. The lowest BCUT2D eigenvalue weighted by Gasteiger charge is -1.89. The van der Waals surface area contributed by atoms with Crippen molar-refractivity contribution in [3.8, 4) is 0 Å². The Hall–Kier alpha value is -1.39. The van der Waals surface area contributed by atoms with Crippen LogP contribution >= 0.6 is 0 Å². The summed E-state index contributed by atoms with van der Waals surface area (Å²) in [4.78, 5) is 16.9. The van der Waals surface area contributed by atoms with E-state index in [0.717, 1.165) is 6.21 Å². The van der Waals surface area contributed by atoms with Crippen molar-refractivity contribution in [3.63, 3.8) is 0 Å². The molecule has 0 amide bonds. The smallest absolute Gasteiger partial charge is 0.346 e. The first-order chi connectivity index (χ1) is 4.66. The van der Waals surface area contributed by atoms with Gasteiger partial charge in [0.25, 0.3) is 0 Å². The zero-order valence-corrected chi connectivity index (χ0v) is 5.61. The molecule has 5 nitrogen and oxygen atoms in total. The molecule has 0 bridgehead atoms. The first kappa shape index (κ1) is 8.61. The van der Waals surface area contributed by atoms with E-state index in [-0.39, 0.29) is 6.54 Å². The Labute approximate surface area is 58.3 Å². The minimum absolute atomic E-state index is 0.142. The highest BCUT2D eigenvalue weighted by Crippen LogP contribution is 1.69. The summed E-state index contributed by atoms with van der Waals surface area (Å²) >= 11 is 0. The van der Waals surface area contributed by atoms with Gasteiger partial charge in [-0.2, -0.15) is 0 Å². The van der Waals surface area contributed by atoms with Gasteiger partial charge in [0, 0.05) is 7.05 Å². The standard InChI is InChI=1S/C5H9N3O2/c1-7-4(6)2-8-3-5(9)10/h3H,2H2,1H3,(H2,6,7)(H,9,10). The van der Waals surface area contributed by atoms with E-state index in [0.29, 0.717) is 5.84 Å². The maximum Gasteiger partial charge on any atom is 0.346 e. The summed E-state index contributed by atoms with van der Waals surface area (Å²) in [6, 6.07) is 0. The van der Waals surface area contributed by atoms with Gasteiger partial charge in [0.15, 0.2) is 0 Å². The third-order valence-electron chi connectivity index (χ3n) is 0.742. The second-order valence-corrected chi connectivity index (χ2v) is 1.52. The maximum absolute atomic E-state index is 9.84. The van der Waals surface area contributed by atoms with Gasteiger partial charge in [0.1, 0.15) is 12.1 Å². The van der Waals surface area contributed by atoms with E-state index in [2.05, 4.69) is 9.98 Å². The number of nitrogens with zero attached hydrogens (tertiary/aromatic N) is 2. The van der Waals surface area contributed by atoms with Gasteiger partial charge in [0.05, 0.1) is 6.54 Å². The van der Waals surface area contributed by atoms with E-state index in [1.807, 2.05) is 0 Å². The Kier molecular flexibility index (Phi) is 3.86. The molecule has 0 aliphatic rings. The number of carboxylic acid groups (broad SMARTS) is 1. The zero-order chi connectivity index (χ0) is 7.98. The molecule has 0 atom stereocenters. The van der Waals surface area contributed by atoms with Crippen LogP contribution in [0.1, 0.15) is 0 Å². The van der Waals surface area contributed by atoms with Crippen LogP contribution in [0.15, 0.2) is 9.98 Å². The quantitative estimate of drug-likeness (QED) is 0.397. The Balaban J connectivity index is 3.64. The van der Waals surface area contributed by atoms with Gasteiger partial charge in [-0.1, -0.05) is 0 Å². The fourth-order valence-corrected chi connectivity index (χ4v) is 0.288. The van der Waals surface area contributed by atoms with Crippen molar-refractivity contribution in [1.82, 2.24) is 0 Å². The van der Waals surface area contributed by atoms with Gasteiger partial charge >= 0.3 is 5.97 Å². The number of hydrogen-bond acceptors (Lipinski definition) is 3. The third kappa shape index (κ3) is 4.76. The molecule has 0 aliphatic carbocycles. The molecule has 0 rings (SSSR count). The number of amidine groups is 1. The van der Waals surface area contributed by atoms with Crippen molar-refractivity contribution in [1.29, 1.82) is 0 Å². The predicted molar refractivity (Wildman–Crippen MR) is 38.5 cm³/mol. The molecule has 3 N–H and O–H groups in total. The van der Waals surface area contributed by atoms with Crippen LogP contribution in [-0.2, 0) is 4.79 Å². The summed E-state index contributed by atoms with van der Waals surface area (Å²) in [5, 5.41) is 8.07. The molecule has 0 saturated carbocycles. The number of rotatable bonds is 3. The molecule has 0 aromatic carbocycles. The van der Waals surface area contributed by atoms with Crippen molar-refractivity contribution in [2.24, 2.45) is 15.7 Å². The monoisotopic (exact) mass is 143 g/mol. The highest BCUT2D eigenvalue weighted by Gasteiger charge is 1.87. The predicted octanol–water partition coefficient (Wildman–Crippen LogP) is -0.871. The molecule has 0 spiro atoms. The van der Waals surface area contributed by atoms with Crippen LogP contribution in [0.25, 0.3) is 0 Å². The van der Waals surface area contributed by atoms with E-state index < -0.39 is 5.97 Å². The topological polar surface area (TPSA) is 88.0 Å². The molecular weight excluding hydrogens is 134 g/mol. The molecule has 0 saturated heterocycles. The molecule has 56 valence electrons. The number of hydrogen-bond donors (Lipinski definition) is 2. The SMILES string of the molecule is CN=C(N)CN=CC(=O)O. The van der Waals surface area contributed by atoms with E-state index >= 15 is 0 Å². The molecule has 0 heterocycles. The van der Waals surface area contributed by atoms with E-state index in [1.165, 1.54) is 7.05 Å². The number of carboxylic acids is 1. The molecule has 0 aliphatic heterocycles. The Morgan fingerprint density at radius 1 is 1.80 bits per heavy atom. The van der Waals surface area contributed by atoms with Gasteiger partial charge in [-0.3, -0.25) is 9.98 Å². The molecular formula is C5H9N3O2. The fourth-order valence-electron chi connectivity index (χ4n) is 0.288. The van der Waals surface area contributed by atoms with Crippen molar-refractivity contribution in [2.75, 3.05) is 13.6 Å². The third-order valence-corrected chi connectivity index (χ3v) is 0.742. The van der Waals surface area contributed by atoms with Crippen LogP contribution in [0.4, 0.5) is 0 Å². The summed E-state index contributed by atoms with van der Waals surface area (Å²) < 4.78 is 0. The number of carbonyl (C=O) groups is 1. The largest absolute Gasteiger partial charge is 0.477 e. The van der Waals surface area contributed by atoms with Crippen LogP contribution in [0, 0.1) is 0 Å². The average molecular weight is 143 g/mol. The zero-order valence-electron chi connectivity index (χ0n) is 5.61. The molecule has 0 radical (unpaired) electrons. The van der Waals surface area contributed by atoms with Crippen molar-refractivity contribution < 1.29 is 9.90 Å². The summed E-state index contributed by atoms with van der Waals surface area (Å²) in [6.07, 6.45) is 0.790. The van der Waals surface area contributed by atoms with Gasteiger partial charge in [-0.15, -0.1) is 0 Å². The van der Waals surface area contributed by atoms with Crippen LogP contribution in [0.5, 0.6) is 0 Å². The van der Waals surface area contributed by atoms with E-state index in [4.69, 9.17) is 10.8 Å². The van der Waals surface area contributed by atoms with Crippen molar-refractivity contribution >= 4 is 18.0 Å². The lowest BCUT2D eigenvalue weighted by atomic mass is 10.6. The molecule has 0 aromatic rings. The highest BCUT2D eigenvalue weighted by molar-refractivity contribution is 6.22. The maximum atomic E-state index is 9.84. The minimum Gasteiger partial charge on any atom is -0.477 e. The van der Waals surface area contributed by atoms with Gasteiger partial charge in [0.2, 0.25) is 0 Å². The van der Waals surface area contributed by atoms with E-state index in [9.17, 15) is 4.79 Å². The normalized spacial score (nSPS) is 12.3. The number of nitrogens with two attached hydrogens (primary N) is 1. The summed E-state index contributed by atoms with van der Waals surface area (Å²) in [5.41, 5.74) is 5.20. The van der Waals surface area contributed by atoms with Gasteiger partial charge in [-0.05, 0) is 0 Å². The lowest BCUT2D eigenvalue weighted by Crippen LogP contribution is -2.15. The van der Waals surface area contributed by atoms with Crippen molar-refractivity contribution in [3.05, 3.63) is 0 Å². The molecule has 0 aromatic heterocycles. The Bertz CT molecular complexity index is 174. The van der Waals surface area contributed by atoms with Gasteiger partial charge in [-0.25, -0.2) is 4.79 Å². The fraction of sp³-hybridized carbons (Fsp3) is 0.400. The number of aliphatic imine (C=N–C) groups is 2. The second-order valence-electron chi connectivity index (χ2n) is 1.52. The number of aliphatic carboxylic acids is 1. The van der Waals surface area contributed by atoms with Crippen LogP contribution in [0.2, 0.25) is 0 Å². The average Bonchev–Trinajstić information content (AvgIpc) is 1.87. The second kappa shape index (κ2) is 4.49. The molecule has 0 unspecified atom stereocenters. The lowest BCUT2D eigenvalue weighted by molar-refractivity contribution is -0.128. The minimum atomic E-state index is -1.08. The summed E-state index contributed by atoms with van der Waals surface area (Å²) in [7, 11) is 1.52. The Morgan fingerprint density at radius 2 is 2.40 bits per heavy atom. The summed E-state index contributed by atoms with van der Waals surface area (Å²) in [5.74, 6) is -0.763. The van der Waals surface area contributed by atoms with Crippen molar-refractivity contribution in [2.45, 2.75) is 0 Å². The Morgan fingerprint density at radius 3 is 2.80 bits per heavy atom. The molecule has 5 heteroatoms. The van der Waals surface area contributed by atoms with Gasteiger partial charge < -0.3 is 10.8 Å².